The van der Waals surface area contributed by atoms with Crippen LogP contribution in [0.4, 0.5) is 0 Å². The second-order valence-corrected chi connectivity index (χ2v) is 4.88. The van der Waals surface area contributed by atoms with Crippen LogP contribution in [-0.4, -0.2) is 16.8 Å². The average molecular weight is 238 g/mol. The molecule has 0 fully saturated rings. The minimum absolute atomic E-state index is 0.275. The van der Waals surface area contributed by atoms with Crippen molar-refractivity contribution in [1.29, 1.82) is 0 Å². The van der Waals surface area contributed by atoms with E-state index in [4.69, 9.17) is 10.9 Å². The molecule has 0 saturated heterocycles. The lowest BCUT2D eigenvalue weighted by atomic mass is 10.1. The molecule has 0 amide bonds. The molecule has 1 unspecified atom stereocenters. The van der Waals surface area contributed by atoms with Gasteiger partial charge in [0.2, 0.25) is 0 Å². The molecule has 16 heavy (non-hydrogen) atoms. The van der Waals surface area contributed by atoms with Crippen molar-refractivity contribution in [2.75, 3.05) is 5.75 Å². The van der Waals surface area contributed by atoms with Gasteiger partial charge in [-0.05, 0) is 17.7 Å². The number of benzene rings is 1. The lowest BCUT2D eigenvalue weighted by molar-refractivity contribution is 0.317. The van der Waals surface area contributed by atoms with Crippen molar-refractivity contribution in [3.8, 4) is 0 Å². The van der Waals surface area contributed by atoms with Gasteiger partial charge in [0.25, 0.3) is 0 Å². The minimum atomic E-state index is 0.275. The average Bonchev–Trinajstić information content (AvgIpc) is 2.35. The Labute approximate surface area is 101 Å². The van der Waals surface area contributed by atoms with Gasteiger partial charge >= 0.3 is 0 Å². The molecule has 0 radical (unpaired) electrons. The standard InChI is InChI=1S/C12H18N2OS/c1-2-8-16-11(9-12(13)14-15)10-6-4-3-5-7-10/h3-7,11,15H,2,8-9H2,1H3,(H2,13,14). The highest BCUT2D eigenvalue weighted by Crippen LogP contribution is 2.32. The molecule has 1 atom stereocenters. The molecule has 0 saturated carbocycles. The fourth-order valence-electron chi connectivity index (χ4n) is 1.43. The van der Waals surface area contributed by atoms with Crippen LogP contribution >= 0.6 is 11.8 Å². The molecule has 1 rings (SSSR count). The van der Waals surface area contributed by atoms with Crippen molar-refractivity contribution < 1.29 is 5.21 Å². The van der Waals surface area contributed by atoms with Gasteiger partial charge in [-0.25, -0.2) is 0 Å². The highest BCUT2D eigenvalue weighted by Gasteiger charge is 2.13. The van der Waals surface area contributed by atoms with Crippen LogP contribution in [0.1, 0.15) is 30.6 Å². The predicted octanol–water partition coefficient (Wildman–Crippen LogP) is 3.01. The van der Waals surface area contributed by atoms with Crippen molar-refractivity contribution >= 4 is 17.6 Å². The second kappa shape index (κ2) is 7.17. The summed E-state index contributed by atoms with van der Waals surface area (Å²) < 4.78 is 0. The van der Waals surface area contributed by atoms with E-state index in [9.17, 15) is 0 Å². The predicted molar refractivity (Wildman–Crippen MR) is 70.0 cm³/mol. The Kier molecular flexibility index (Phi) is 5.78. The van der Waals surface area contributed by atoms with Crippen LogP contribution in [0.15, 0.2) is 35.5 Å². The smallest absolute Gasteiger partial charge is 0.140 e. The first-order valence-electron chi connectivity index (χ1n) is 5.40. The summed E-state index contributed by atoms with van der Waals surface area (Å²) in [7, 11) is 0. The maximum atomic E-state index is 8.61. The van der Waals surface area contributed by atoms with Crippen LogP contribution in [0.25, 0.3) is 0 Å². The summed E-state index contributed by atoms with van der Waals surface area (Å²) in [5, 5.41) is 11.9. The summed E-state index contributed by atoms with van der Waals surface area (Å²) in [6.07, 6.45) is 1.72. The maximum absolute atomic E-state index is 8.61. The monoisotopic (exact) mass is 238 g/mol. The number of hydrogen-bond acceptors (Lipinski definition) is 3. The lowest BCUT2D eigenvalue weighted by Crippen LogP contribution is -2.15. The number of nitrogens with zero attached hydrogens (tertiary/aromatic N) is 1. The summed E-state index contributed by atoms with van der Waals surface area (Å²) in [4.78, 5) is 0. The highest BCUT2D eigenvalue weighted by molar-refractivity contribution is 7.99. The molecule has 3 nitrogen and oxygen atoms in total. The number of oxime groups is 1. The van der Waals surface area contributed by atoms with Gasteiger partial charge in [-0.15, -0.1) is 0 Å². The van der Waals surface area contributed by atoms with E-state index < -0.39 is 0 Å². The van der Waals surface area contributed by atoms with E-state index in [-0.39, 0.29) is 11.1 Å². The van der Waals surface area contributed by atoms with Crippen molar-refractivity contribution in [3.63, 3.8) is 0 Å². The second-order valence-electron chi connectivity index (χ2n) is 3.57. The van der Waals surface area contributed by atoms with Crippen molar-refractivity contribution in [1.82, 2.24) is 0 Å². The van der Waals surface area contributed by atoms with Crippen LogP contribution in [0.2, 0.25) is 0 Å². The molecular weight excluding hydrogens is 220 g/mol. The summed E-state index contributed by atoms with van der Waals surface area (Å²) in [5.74, 6) is 1.37. The Balaban J connectivity index is 2.71. The summed E-state index contributed by atoms with van der Waals surface area (Å²) >= 11 is 1.85. The Morgan fingerprint density at radius 2 is 2.12 bits per heavy atom. The van der Waals surface area contributed by atoms with Gasteiger partial charge < -0.3 is 10.9 Å². The van der Waals surface area contributed by atoms with E-state index >= 15 is 0 Å². The van der Waals surface area contributed by atoms with Gasteiger partial charge in [-0.1, -0.05) is 42.4 Å². The topological polar surface area (TPSA) is 58.6 Å². The van der Waals surface area contributed by atoms with Gasteiger partial charge in [0.1, 0.15) is 5.84 Å². The molecule has 0 spiro atoms. The molecule has 0 aliphatic heterocycles. The molecule has 1 aromatic carbocycles. The largest absolute Gasteiger partial charge is 0.409 e. The molecule has 4 heteroatoms. The molecule has 0 aromatic heterocycles. The number of rotatable bonds is 6. The molecule has 3 N–H and O–H groups in total. The number of nitrogens with two attached hydrogens (primary N) is 1. The molecule has 88 valence electrons. The van der Waals surface area contributed by atoms with Gasteiger partial charge in [-0.3, -0.25) is 0 Å². The van der Waals surface area contributed by atoms with E-state index in [1.165, 1.54) is 5.56 Å². The highest BCUT2D eigenvalue weighted by atomic mass is 32.2. The third-order valence-electron chi connectivity index (χ3n) is 2.22. The van der Waals surface area contributed by atoms with Crippen LogP contribution in [0.5, 0.6) is 0 Å². The quantitative estimate of drug-likeness (QED) is 0.346. The third-order valence-corrected chi connectivity index (χ3v) is 3.70. The SMILES string of the molecule is CCCSC(CC(N)=NO)c1ccccc1. The normalized spacial score (nSPS) is 13.7. The van der Waals surface area contributed by atoms with Gasteiger partial charge in [0.05, 0.1) is 0 Å². The molecule has 0 bridgehead atoms. The molecule has 0 aliphatic carbocycles. The van der Waals surface area contributed by atoms with Crippen molar-refractivity contribution in [2.45, 2.75) is 25.0 Å². The maximum Gasteiger partial charge on any atom is 0.140 e. The van der Waals surface area contributed by atoms with Crippen LogP contribution in [0.3, 0.4) is 0 Å². The summed E-state index contributed by atoms with van der Waals surface area (Å²) in [5.41, 5.74) is 6.80. The van der Waals surface area contributed by atoms with Crippen molar-refractivity contribution in [2.24, 2.45) is 10.9 Å². The van der Waals surface area contributed by atoms with Crippen LogP contribution < -0.4 is 5.73 Å². The fraction of sp³-hybridized carbons (Fsp3) is 0.417. The van der Waals surface area contributed by atoms with E-state index in [0.717, 1.165) is 12.2 Å². The Morgan fingerprint density at radius 1 is 1.44 bits per heavy atom. The van der Waals surface area contributed by atoms with Crippen molar-refractivity contribution in [3.05, 3.63) is 35.9 Å². The lowest BCUT2D eigenvalue weighted by Gasteiger charge is -2.15. The molecular formula is C12H18N2OS. The molecule has 0 heterocycles. The zero-order valence-corrected chi connectivity index (χ0v) is 10.3. The van der Waals surface area contributed by atoms with E-state index in [1.807, 2.05) is 30.0 Å². The van der Waals surface area contributed by atoms with Gasteiger partial charge in [0, 0.05) is 11.7 Å². The first-order valence-corrected chi connectivity index (χ1v) is 6.45. The Morgan fingerprint density at radius 3 is 2.69 bits per heavy atom. The van der Waals surface area contributed by atoms with E-state index in [0.29, 0.717) is 6.42 Å². The van der Waals surface area contributed by atoms with Gasteiger partial charge in [-0.2, -0.15) is 11.8 Å². The fourth-order valence-corrected chi connectivity index (χ4v) is 2.59. The van der Waals surface area contributed by atoms with E-state index in [1.54, 1.807) is 0 Å². The van der Waals surface area contributed by atoms with Crippen LogP contribution in [-0.2, 0) is 0 Å². The zero-order valence-electron chi connectivity index (χ0n) is 9.47. The number of amidine groups is 1. The number of hydrogen-bond donors (Lipinski definition) is 2. The number of thioether (sulfide) groups is 1. The van der Waals surface area contributed by atoms with E-state index in [2.05, 4.69) is 24.2 Å². The molecule has 0 aliphatic rings. The summed E-state index contributed by atoms with van der Waals surface area (Å²) in [6.45, 7) is 2.15. The first kappa shape index (κ1) is 12.9. The Hall–Kier alpha value is -1.16. The minimum Gasteiger partial charge on any atom is -0.409 e. The molecule has 1 aromatic rings. The Bertz CT molecular complexity index is 327. The first-order chi connectivity index (χ1) is 7.77. The third kappa shape index (κ3) is 4.14. The van der Waals surface area contributed by atoms with Crippen LogP contribution in [0, 0.1) is 0 Å². The summed E-state index contributed by atoms with van der Waals surface area (Å²) in [6, 6.07) is 10.2. The van der Waals surface area contributed by atoms with Gasteiger partial charge in [0.15, 0.2) is 0 Å². The zero-order chi connectivity index (χ0) is 11.8.